The van der Waals surface area contributed by atoms with Crippen LogP contribution in [0.15, 0.2) is 6.08 Å². The molecule has 2 heterocycles. The van der Waals surface area contributed by atoms with Gasteiger partial charge in [-0.25, -0.2) is 13.1 Å². The molecule has 0 radical (unpaired) electrons. The van der Waals surface area contributed by atoms with E-state index in [1.807, 2.05) is 20.9 Å². The summed E-state index contributed by atoms with van der Waals surface area (Å²) < 4.78 is 26.9. The number of carbonyl (C=O) groups is 1. The third-order valence-corrected chi connectivity index (χ3v) is 5.14. The van der Waals surface area contributed by atoms with E-state index in [-0.39, 0.29) is 18.5 Å². The molecule has 1 aliphatic rings. The summed E-state index contributed by atoms with van der Waals surface area (Å²) in [5.74, 6) is -0.0855. The minimum absolute atomic E-state index is 0.0855. The largest absolute Gasteiger partial charge is 0.335 e. The van der Waals surface area contributed by atoms with Crippen LogP contribution in [0.5, 0.6) is 0 Å². The molecule has 1 N–H and O–H groups in total. The lowest BCUT2D eigenvalue weighted by Gasteiger charge is -2.35. The highest BCUT2D eigenvalue weighted by molar-refractivity contribution is 7.88. The third kappa shape index (κ3) is 4.67. The zero-order valence-corrected chi connectivity index (χ0v) is 15.6. The van der Waals surface area contributed by atoms with Gasteiger partial charge in [0.05, 0.1) is 11.9 Å². The van der Waals surface area contributed by atoms with Crippen LogP contribution in [0.4, 0.5) is 0 Å². The van der Waals surface area contributed by atoms with Crippen molar-refractivity contribution in [3.8, 4) is 0 Å². The van der Waals surface area contributed by atoms with Gasteiger partial charge in [-0.2, -0.15) is 5.10 Å². The lowest BCUT2D eigenvalue weighted by atomic mass is 10.0. The van der Waals surface area contributed by atoms with Gasteiger partial charge in [0.25, 0.3) is 0 Å². The number of rotatable bonds is 5. The summed E-state index contributed by atoms with van der Waals surface area (Å²) in [7, 11) is -1.38. The molecular formula is C16H26N4O3S. The lowest BCUT2D eigenvalue weighted by Crippen LogP contribution is -2.48. The molecule has 1 fully saturated rings. The van der Waals surface area contributed by atoms with E-state index in [4.69, 9.17) is 0 Å². The van der Waals surface area contributed by atoms with Crippen LogP contribution in [0.3, 0.4) is 0 Å². The SMILES string of the molecule is Cc1nn(C)c(C)c1/C=C/C(=O)N1CCCCC1CNS(C)(=O)=O. The molecule has 8 heteroatoms. The maximum absolute atomic E-state index is 12.6. The Kier molecular flexibility index (Phi) is 5.82. The number of likely N-dealkylation sites (tertiary alicyclic amines) is 1. The molecule has 1 atom stereocenters. The van der Waals surface area contributed by atoms with Crippen molar-refractivity contribution < 1.29 is 13.2 Å². The Bertz CT molecular complexity index is 737. The Hall–Kier alpha value is -1.67. The van der Waals surface area contributed by atoms with Crippen LogP contribution in [0.1, 0.15) is 36.2 Å². The molecule has 1 unspecified atom stereocenters. The Balaban J connectivity index is 2.09. The van der Waals surface area contributed by atoms with E-state index in [9.17, 15) is 13.2 Å². The van der Waals surface area contributed by atoms with Crippen molar-refractivity contribution in [2.45, 2.75) is 39.2 Å². The predicted octanol–water partition coefficient (Wildman–Crippen LogP) is 0.980. The molecule has 1 aromatic rings. The molecule has 0 spiro atoms. The highest BCUT2D eigenvalue weighted by atomic mass is 32.2. The van der Waals surface area contributed by atoms with Gasteiger partial charge in [0.15, 0.2) is 0 Å². The molecular weight excluding hydrogens is 328 g/mol. The number of hydrogen-bond acceptors (Lipinski definition) is 4. The third-order valence-electron chi connectivity index (χ3n) is 4.45. The predicted molar refractivity (Wildman–Crippen MR) is 93.9 cm³/mol. The first-order valence-corrected chi connectivity index (χ1v) is 10.0. The van der Waals surface area contributed by atoms with Crippen LogP contribution in [-0.4, -0.2) is 54.4 Å². The first kappa shape index (κ1) is 18.7. The fraction of sp³-hybridized carbons (Fsp3) is 0.625. The van der Waals surface area contributed by atoms with Gasteiger partial charge < -0.3 is 4.90 Å². The van der Waals surface area contributed by atoms with Crippen LogP contribution >= 0.6 is 0 Å². The molecule has 7 nitrogen and oxygen atoms in total. The molecule has 2 rings (SSSR count). The Labute approximate surface area is 143 Å². The Morgan fingerprint density at radius 3 is 2.67 bits per heavy atom. The number of amides is 1. The highest BCUT2D eigenvalue weighted by Gasteiger charge is 2.26. The maximum Gasteiger partial charge on any atom is 0.246 e. The summed E-state index contributed by atoms with van der Waals surface area (Å²) in [4.78, 5) is 14.3. The van der Waals surface area contributed by atoms with Crippen LogP contribution < -0.4 is 4.72 Å². The zero-order valence-electron chi connectivity index (χ0n) is 14.7. The number of aromatic nitrogens is 2. The van der Waals surface area contributed by atoms with Gasteiger partial charge in [-0.15, -0.1) is 0 Å². The van der Waals surface area contributed by atoms with Crippen molar-refractivity contribution in [2.75, 3.05) is 19.3 Å². The summed E-state index contributed by atoms with van der Waals surface area (Å²) in [6.45, 7) is 4.80. The van der Waals surface area contributed by atoms with Crippen molar-refractivity contribution in [3.63, 3.8) is 0 Å². The normalized spacial score (nSPS) is 19.2. The summed E-state index contributed by atoms with van der Waals surface area (Å²) in [5, 5.41) is 4.34. The molecule has 24 heavy (non-hydrogen) atoms. The second kappa shape index (κ2) is 7.48. The van der Waals surface area contributed by atoms with E-state index in [0.29, 0.717) is 6.54 Å². The van der Waals surface area contributed by atoms with E-state index in [1.165, 1.54) is 0 Å². The van der Waals surface area contributed by atoms with E-state index >= 15 is 0 Å². The molecule has 1 aromatic heterocycles. The van der Waals surface area contributed by atoms with Crippen molar-refractivity contribution in [1.82, 2.24) is 19.4 Å². The Morgan fingerprint density at radius 2 is 2.08 bits per heavy atom. The van der Waals surface area contributed by atoms with E-state index in [0.717, 1.165) is 42.5 Å². The number of aryl methyl sites for hydroxylation is 2. The van der Waals surface area contributed by atoms with Crippen molar-refractivity contribution in [3.05, 3.63) is 23.0 Å². The summed E-state index contributed by atoms with van der Waals surface area (Å²) >= 11 is 0. The monoisotopic (exact) mass is 354 g/mol. The van der Waals surface area contributed by atoms with Gasteiger partial charge in [0.2, 0.25) is 15.9 Å². The molecule has 134 valence electrons. The number of nitrogens with zero attached hydrogens (tertiary/aromatic N) is 3. The van der Waals surface area contributed by atoms with E-state index in [2.05, 4.69) is 9.82 Å². The molecule has 0 bridgehead atoms. The van der Waals surface area contributed by atoms with Gasteiger partial charge in [-0.1, -0.05) is 0 Å². The van der Waals surface area contributed by atoms with Crippen molar-refractivity contribution >= 4 is 22.0 Å². The number of carbonyl (C=O) groups excluding carboxylic acids is 1. The van der Waals surface area contributed by atoms with Crippen LogP contribution in [0.2, 0.25) is 0 Å². The molecule has 1 amide bonds. The minimum atomic E-state index is -3.25. The molecule has 0 aromatic carbocycles. The lowest BCUT2D eigenvalue weighted by molar-refractivity contribution is -0.129. The first-order chi connectivity index (χ1) is 11.2. The molecule has 0 aliphatic carbocycles. The maximum atomic E-state index is 12.6. The topological polar surface area (TPSA) is 84.3 Å². The number of sulfonamides is 1. The number of nitrogens with one attached hydrogen (secondary N) is 1. The quantitative estimate of drug-likeness (QED) is 0.799. The zero-order chi connectivity index (χ0) is 17.9. The van der Waals surface area contributed by atoms with Gasteiger partial charge in [-0.3, -0.25) is 9.48 Å². The number of hydrogen-bond donors (Lipinski definition) is 1. The average Bonchev–Trinajstić information content (AvgIpc) is 2.75. The molecule has 1 saturated heterocycles. The van der Waals surface area contributed by atoms with Crippen molar-refractivity contribution in [1.29, 1.82) is 0 Å². The molecule has 1 aliphatic heterocycles. The summed E-state index contributed by atoms with van der Waals surface area (Å²) in [6, 6.07) is -0.0956. The second-order valence-electron chi connectivity index (χ2n) is 6.34. The fourth-order valence-electron chi connectivity index (χ4n) is 3.03. The Morgan fingerprint density at radius 1 is 1.38 bits per heavy atom. The van der Waals surface area contributed by atoms with Crippen LogP contribution in [-0.2, 0) is 21.9 Å². The smallest absolute Gasteiger partial charge is 0.246 e. The number of piperidine rings is 1. The van der Waals surface area contributed by atoms with Crippen LogP contribution in [0.25, 0.3) is 6.08 Å². The highest BCUT2D eigenvalue weighted by Crippen LogP contribution is 2.19. The van der Waals surface area contributed by atoms with E-state index in [1.54, 1.807) is 21.7 Å². The first-order valence-electron chi connectivity index (χ1n) is 8.12. The van der Waals surface area contributed by atoms with Gasteiger partial charge in [-0.05, 0) is 39.2 Å². The summed E-state index contributed by atoms with van der Waals surface area (Å²) in [6.07, 6.45) is 7.26. The second-order valence-corrected chi connectivity index (χ2v) is 8.18. The minimum Gasteiger partial charge on any atom is -0.335 e. The summed E-state index contributed by atoms with van der Waals surface area (Å²) in [5.41, 5.74) is 2.84. The standard InChI is InChI=1S/C16H26N4O3S/c1-12-15(13(2)19(3)18-12)8-9-16(21)20-10-6-5-7-14(20)11-17-24(4,22)23/h8-9,14,17H,5-7,10-11H2,1-4H3/b9-8+. The fourth-order valence-corrected chi connectivity index (χ4v) is 3.53. The van der Waals surface area contributed by atoms with Gasteiger partial charge >= 0.3 is 0 Å². The van der Waals surface area contributed by atoms with Crippen LogP contribution in [0, 0.1) is 13.8 Å². The van der Waals surface area contributed by atoms with Gasteiger partial charge in [0, 0.05) is 43.5 Å². The molecule has 0 saturated carbocycles. The average molecular weight is 354 g/mol. The van der Waals surface area contributed by atoms with Crippen molar-refractivity contribution in [2.24, 2.45) is 7.05 Å². The van der Waals surface area contributed by atoms with Gasteiger partial charge in [0.1, 0.15) is 0 Å². The van der Waals surface area contributed by atoms with E-state index < -0.39 is 10.0 Å².